The monoisotopic (exact) mass is 227 g/mol. The second kappa shape index (κ2) is 2.42. The quantitative estimate of drug-likeness (QED) is 0.648. The van der Waals surface area contributed by atoms with Crippen LogP contribution in [-0.4, -0.2) is 15.2 Å². The van der Waals surface area contributed by atoms with E-state index < -0.39 is 0 Å². The van der Waals surface area contributed by atoms with Gasteiger partial charge in [0.25, 0.3) is 0 Å². The molecule has 0 aliphatic rings. The largest absolute Gasteiger partial charge is 0.494 e. The Balaban J connectivity index is 2.90. The number of aromatic hydroxyl groups is 2. The van der Waals surface area contributed by atoms with Crippen molar-refractivity contribution in [1.29, 1.82) is 0 Å². The SMILES string of the molecule is Oc1[nH]c(O)c2cc(Br)ccc12. The molecule has 4 heteroatoms. The van der Waals surface area contributed by atoms with Crippen molar-refractivity contribution in [2.75, 3.05) is 0 Å². The van der Waals surface area contributed by atoms with Crippen LogP contribution in [0.5, 0.6) is 11.8 Å². The normalized spacial score (nSPS) is 10.8. The van der Waals surface area contributed by atoms with Gasteiger partial charge in [-0.3, -0.25) is 4.98 Å². The molecule has 0 bridgehead atoms. The number of H-pyrrole nitrogens is 1. The maximum absolute atomic E-state index is 9.28. The van der Waals surface area contributed by atoms with E-state index in [1.54, 1.807) is 18.2 Å². The molecule has 0 spiro atoms. The zero-order chi connectivity index (χ0) is 8.72. The Morgan fingerprint density at radius 1 is 1.08 bits per heavy atom. The highest BCUT2D eigenvalue weighted by Crippen LogP contribution is 2.33. The van der Waals surface area contributed by atoms with Crippen LogP contribution in [-0.2, 0) is 0 Å². The number of aromatic amines is 1. The van der Waals surface area contributed by atoms with Crippen molar-refractivity contribution < 1.29 is 10.2 Å². The van der Waals surface area contributed by atoms with Crippen LogP contribution in [0.1, 0.15) is 0 Å². The summed E-state index contributed by atoms with van der Waals surface area (Å²) in [5, 5.41) is 19.8. The van der Waals surface area contributed by atoms with Gasteiger partial charge < -0.3 is 10.2 Å². The van der Waals surface area contributed by atoms with Gasteiger partial charge in [0.1, 0.15) is 0 Å². The van der Waals surface area contributed by atoms with Gasteiger partial charge >= 0.3 is 0 Å². The molecule has 3 N–H and O–H groups in total. The van der Waals surface area contributed by atoms with Crippen molar-refractivity contribution in [2.24, 2.45) is 0 Å². The van der Waals surface area contributed by atoms with E-state index >= 15 is 0 Å². The van der Waals surface area contributed by atoms with E-state index in [2.05, 4.69) is 20.9 Å². The summed E-state index contributed by atoms with van der Waals surface area (Å²) in [5.74, 6) is -0.0150. The van der Waals surface area contributed by atoms with Gasteiger partial charge in [0.05, 0.1) is 0 Å². The van der Waals surface area contributed by atoms with E-state index in [4.69, 9.17) is 0 Å². The van der Waals surface area contributed by atoms with E-state index in [9.17, 15) is 10.2 Å². The molecule has 0 fully saturated rings. The second-order valence-corrected chi connectivity index (χ2v) is 3.43. The molecule has 0 amide bonds. The molecule has 12 heavy (non-hydrogen) atoms. The van der Waals surface area contributed by atoms with Crippen LogP contribution in [0.25, 0.3) is 10.8 Å². The van der Waals surface area contributed by atoms with Gasteiger partial charge in [0, 0.05) is 15.2 Å². The first kappa shape index (κ1) is 7.49. The van der Waals surface area contributed by atoms with Gasteiger partial charge in [-0.1, -0.05) is 15.9 Å². The molecule has 62 valence electrons. The molecule has 3 nitrogen and oxygen atoms in total. The summed E-state index contributed by atoms with van der Waals surface area (Å²) in [6.45, 7) is 0. The van der Waals surface area contributed by atoms with Crippen molar-refractivity contribution in [3.05, 3.63) is 22.7 Å². The molecule has 1 heterocycles. The predicted molar refractivity (Wildman–Crippen MR) is 49.3 cm³/mol. The molecule has 2 aromatic rings. The molecule has 0 atom stereocenters. The number of fused-ring (bicyclic) bond motifs is 1. The summed E-state index contributed by atoms with van der Waals surface area (Å²) in [6.07, 6.45) is 0. The molecule has 0 unspecified atom stereocenters. The van der Waals surface area contributed by atoms with Crippen molar-refractivity contribution in [3.63, 3.8) is 0 Å². The van der Waals surface area contributed by atoms with Gasteiger partial charge in [-0.05, 0) is 18.2 Å². The average Bonchev–Trinajstić information content (AvgIpc) is 2.28. The molecular formula is C8H6BrNO2. The molecule has 0 saturated carbocycles. The zero-order valence-corrected chi connectivity index (χ0v) is 7.59. The Kier molecular flexibility index (Phi) is 1.51. The fourth-order valence-electron chi connectivity index (χ4n) is 1.17. The fraction of sp³-hybridized carbons (Fsp3) is 0. The third-order valence-corrected chi connectivity index (χ3v) is 2.22. The number of halogens is 1. The van der Waals surface area contributed by atoms with Crippen LogP contribution in [0, 0.1) is 0 Å². The summed E-state index contributed by atoms with van der Waals surface area (Å²) >= 11 is 3.27. The molecule has 1 aromatic heterocycles. The first-order valence-corrected chi connectivity index (χ1v) is 4.17. The molecule has 0 aliphatic carbocycles. The Morgan fingerprint density at radius 2 is 1.75 bits per heavy atom. The van der Waals surface area contributed by atoms with Gasteiger partial charge in [0.2, 0.25) is 0 Å². The second-order valence-electron chi connectivity index (χ2n) is 2.51. The first-order chi connectivity index (χ1) is 5.68. The zero-order valence-electron chi connectivity index (χ0n) is 6.00. The lowest BCUT2D eigenvalue weighted by atomic mass is 10.2. The summed E-state index contributed by atoms with van der Waals surface area (Å²) in [5.41, 5.74) is 0. The molecule has 0 saturated heterocycles. The highest BCUT2D eigenvalue weighted by atomic mass is 79.9. The Hall–Kier alpha value is -1.16. The summed E-state index contributed by atoms with van der Waals surface area (Å²) in [6, 6.07) is 5.27. The van der Waals surface area contributed by atoms with E-state index in [0.29, 0.717) is 10.8 Å². The van der Waals surface area contributed by atoms with Crippen LogP contribution in [0.15, 0.2) is 22.7 Å². The van der Waals surface area contributed by atoms with Gasteiger partial charge in [-0.25, -0.2) is 0 Å². The first-order valence-electron chi connectivity index (χ1n) is 3.37. The molecule has 1 aromatic carbocycles. The van der Waals surface area contributed by atoms with Crippen LogP contribution < -0.4 is 0 Å². The lowest BCUT2D eigenvalue weighted by Gasteiger charge is -1.91. The number of rotatable bonds is 0. The van der Waals surface area contributed by atoms with Crippen molar-refractivity contribution in [2.45, 2.75) is 0 Å². The van der Waals surface area contributed by atoms with Crippen molar-refractivity contribution >= 4 is 26.7 Å². The number of aromatic nitrogens is 1. The van der Waals surface area contributed by atoms with Gasteiger partial charge in [-0.2, -0.15) is 0 Å². The lowest BCUT2D eigenvalue weighted by Crippen LogP contribution is -1.65. The van der Waals surface area contributed by atoms with E-state index in [1.165, 1.54) is 0 Å². The number of benzene rings is 1. The van der Waals surface area contributed by atoms with E-state index in [1.807, 2.05) is 0 Å². The third-order valence-electron chi connectivity index (χ3n) is 1.73. The van der Waals surface area contributed by atoms with Crippen LogP contribution >= 0.6 is 15.9 Å². The molecule has 0 radical (unpaired) electrons. The Morgan fingerprint density at radius 3 is 2.50 bits per heavy atom. The lowest BCUT2D eigenvalue weighted by molar-refractivity contribution is 0.429. The summed E-state index contributed by atoms with van der Waals surface area (Å²) in [4.78, 5) is 2.43. The van der Waals surface area contributed by atoms with Gasteiger partial charge in [0.15, 0.2) is 11.8 Å². The van der Waals surface area contributed by atoms with Gasteiger partial charge in [-0.15, -0.1) is 0 Å². The van der Waals surface area contributed by atoms with Crippen LogP contribution in [0.4, 0.5) is 0 Å². The molecular weight excluding hydrogens is 222 g/mol. The smallest absolute Gasteiger partial charge is 0.199 e. The standard InChI is InChI=1S/C8H6BrNO2/c9-4-1-2-5-6(3-4)8(12)10-7(5)11/h1-3,10-12H. The number of hydrogen-bond acceptors (Lipinski definition) is 2. The third kappa shape index (κ3) is 0.956. The van der Waals surface area contributed by atoms with E-state index in [-0.39, 0.29) is 11.8 Å². The number of nitrogens with one attached hydrogen (secondary N) is 1. The molecule has 0 aliphatic heterocycles. The maximum atomic E-state index is 9.28. The number of hydrogen-bond donors (Lipinski definition) is 3. The minimum atomic E-state index is -0.0104. The van der Waals surface area contributed by atoms with E-state index in [0.717, 1.165) is 4.47 Å². The fourth-order valence-corrected chi connectivity index (χ4v) is 1.53. The summed E-state index contributed by atoms with van der Waals surface area (Å²) in [7, 11) is 0. The molecule has 2 rings (SSSR count). The minimum absolute atomic E-state index is 0.00463. The van der Waals surface area contributed by atoms with Crippen LogP contribution in [0.3, 0.4) is 0 Å². The Labute approximate surface area is 76.8 Å². The Bertz CT molecular complexity index is 436. The average molecular weight is 228 g/mol. The van der Waals surface area contributed by atoms with Crippen LogP contribution in [0.2, 0.25) is 0 Å². The predicted octanol–water partition coefficient (Wildman–Crippen LogP) is 2.34. The topological polar surface area (TPSA) is 56.2 Å². The summed E-state index contributed by atoms with van der Waals surface area (Å²) < 4.78 is 0.865. The highest BCUT2D eigenvalue weighted by molar-refractivity contribution is 9.10. The van der Waals surface area contributed by atoms with Crippen molar-refractivity contribution in [3.8, 4) is 11.8 Å². The highest BCUT2D eigenvalue weighted by Gasteiger charge is 2.07. The minimum Gasteiger partial charge on any atom is -0.494 e. The van der Waals surface area contributed by atoms with Crippen molar-refractivity contribution in [1.82, 2.24) is 4.98 Å². The maximum Gasteiger partial charge on any atom is 0.199 e.